The third-order valence-corrected chi connectivity index (χ3v) is 4.29. The number of hydrogen-bond donors (Lipinski definition) is 2. The Hall–Kier alpha value is -2.08. The van der Waals surface area contributed by atoms with E-state index in [4.69, 9.17) is 10.5 Å². The summed E-state index contributed by atoms with van der Waals surface area (Å²) in [5.74, 6) is 1.72. The SMILES string of the molecule is NCC(O)CN1CCN(c2ccccc2Oc2ccccc2)CC1. The molecule has 128 valence electrons. The molecule has 1 atom stereocenters. The monoisotopic (exact) mass is 327 g/mol. The average Bonchev–Trinajstić information content (AvgIpc) is 2.64. The van der Waals surface area contributed by atoms with Crippen molar-refractivity contribution in [2.45, 2.75) is 6.10 Å². The van der Waals surface area contributed by atoms with Gasteiger partial charge >= 0.3 is 0 Å². The van der Waals surface area contributed by atoms with Gasteiger partial charge in [0.1, 0.15) is 5.75 Å². The minimum absolute atomic E-state index is 0.313. The van der Waals surface area contributed by atoms with Crippen LogP contribution >= 0.6 is 0 Å². The Labute approximate surface area is 143 Å². The number of ether oxygens (including phenoxy) is 1. The number of piperazine rings is 1. The van der Waals surface area contributed by atoms with E-state index < -0.39 is 6.10 Å². The van der Waals surface area contributed by atoms with E-state index >= 15 is 0 Å². The number of hydrogen-bond acceptors (Lipinski definition) is 5. The standard InChI is InChI=1S/C19H25N3O2/c20-14-16(23)15-21-10-12-22(13-11-21)18-8-4-5-9-19(18)24-17-6-2-1-3-7-17/h1-9,16,23H,10-15,20H2. The summed E-state index contributed by atoms with van der Waals surface area (Å²) in [6.45, 7) is 4.60. The number of rotatable bonds is 6. The minimum Gasteiger partial charge on any atom is -0.455 e. The Kier molecular flexibility index (Phi) is 5.69. The van der Waals surface area contributed by atoms with E-state index in [1.165, 1.54) is 0 Å². The number of para-hydroxylation sites is 3. The number of aliphatic hydroxyl groups excluding tert-OH is 1. The number of nitrogens with zero attached hydrogens (tertiary/aromatic N) is 2. The number of nitrogens with two attached hydrogens (primary N) is 1. The molecule has 2 aromatic rings. The van der Waals surface area contributed by atoms with Crippen molar-refractivity contribution in [3.05, 3.63) is 54.6 Å². The van der Waals surface area contributed by atoms with E-state index in [0.717, 1.165) is 43.4 Å². The lowest BCUT2D eigenvalue weighted by atomic mass is 10.2. The molecule has 0 amide bonds. The van der Waals surface area contributed by atoms with Crippen molar-refractivity contribution in [1.29, 1.82) is 0 Å². The third-order valence-electron chi connectivity index (χ3n) is 4.29. The number of anilines is 1. The summed E-state index contributed by atoms with van der Waals surface area (Å²) in [4.78, 5) is 4.60. The van der Waals surface area contributed by atoms with Gasteiger partial charge in [-0.25, -0.2) is 0 Å². The molecule has 0 radical (unpaired) electrons. The Bertz CT molecular complexity index is 628. The van der Waals surface area contributed by atoms with Gasteiger partial charge in [-0.1, -0.05) is 30.3 Å². The first kappa shape index (κ1) is 16.8. The number of aliphatic hydroxyl groups is 1. The van der Waals surface area contributed by atoms with Gasteiger partial charge < -0.3 is 20.5 Å². The molecule has 1 aliphatic heterocycles. The second kappa shape index (κ2) is 8.15. The van der Waals surface area contributed by atoms with Gasteiger partial charge in [0.2, 0.25) is 0 Å². The van der Waals surface area contributed by atoms with Gasteiger partial charge in [-0.05, 0) is 24.3 Å². The van der Waals surface area contributed by atoms with Gasteiger partial charge in [0.15, 0.2) is 5.75 Å². The Morgan fingerprint density at radius 3 is 2.33 bits per heavy atom. The second-order valence-electron chi connectivity index (χ2n) is 6.06. The van der Waals surface area contributed by atoms with Gasteiger partial charge in [-0.2, -0.15) is 0 Å². The molecule has 5 nitrogen and oxygen atoms in total. The fourth-order valence-corrected chi connectivity index (χ4v) is 2.96. The smallest absolute Gasteiger partial charge is 0.150 e. The molecule has 1 fully saturated rings. The van der Waals surface area contributed by atoms with Crippen molar-refractivity contribution in [2.24, 2.45) is 5.73 Å². The van der Waals surface area contributed by atoms with Gasteiger partial charge in [0.25, 0.3) is 0 Å². The summed E-state index contributed by atoms with van der Waals surface area (Å²) in [5, 5.41) is 9.70. The van der Waals surface area contributed by atoms with Crippen LogP contribution in [0.1, 0.15) is 0 Å². The van der Waals surface area contributed by atoms with E-state index in [1.807, 2.05) is 48.5 Å². The van der Waals surface area contributed by atoms with Gasteiger partial charge in [0.05, 0.1) is 11.8 Å². The van der Waals surface area contributed by atoms with E-state index in [1.54, 1.807) is 0 Å². The van der Waals surface area contributed by atoms with Crippen LogP contribution in [0, 0.1) is 0 Å². The lowest BCUT2D eigenvalue weighted by Gasteiger charge is -2.37. The van der Waals surface area contributed by atoms with Crippen molar-refractivity contribution in [2.75, 3.05) is 44.2 Å². The van der Waals surface area contributed by atoms with Crippen LogP contribution in [0.2, 0.25) is 0 Å². The highest BCUT2D eigenvalue weighted by Crippen LogP contribution is 2.32. The quantitative estimate of drug-likeness (QED) is 0.849. The van der Waals surface area contributed by atoms with Crippen LogP contribution in [0.5, 0.6) is 11.5 Å². The van der Waals surface area contributed by atoms with Crippen molar-refractivity contribution in [3.8, 4) is 11.5 Å². The molecule has 1 aliphatic rings. The van der Waals surface area contributed by atoms with Crippen LogP contribution in [0.25, 0.3) is 0 Å². The zero-order valence-electron chi connectivity index (χ0n) is 13.8. The van der Waals surface area contributed by atoms with Crippen LogP contribution in [0.3, 0.4) is 0 Å². The zero-order chi connectivity index (χ0) is 16.8. The summed E-state index contributed by atoms with van der Waals surface area (Å²) in [6.07, 6.45) is -0.440. The van der Waals surface area contributed by atoms with Crippen molar-refractivity contribution in [3.63, 3.8) is 0 Å². The van der Waals surface area contributed by atoms with E-state index in [0.29, 0.717) is 13.1 Å². The zero-order valence-corrected chi connectivity index (χ0v) is 13.8. The summed E-state index contributed by atoms with van der Waals surface area (Å²) in [5.41, 5.74) is 6.61. The summed E-state index contributed by atoms with van der Waals surface area (Å²) >= 11 is 0. The first-order valence-electron chi connectivity index (χ1n) is 8.43. The molecule has 0 aromatic heterocycles. The highest BCUT2D eigenvalue weighted by atomic mass is 16.5. The van der Waals surface area contributed by atoms with Crippen LogP contribution in [-0.2, 0) is 0 Å². The molecule has 2 aromatic carbocycles. The molecule has 0 aliphatic carbocycles. The molecule has 1 saturated heterocycles. The number of β-amino-alcohol motifs (C(OH)–C–C–N with tert-alkyl or cyclic N) is 1. The fraction of sp³-hybridized carbons (Fsp3) is 0.368. The lowest BCUT2D eigenvalue weighted by molar-refractivity contribution is 0.115. The largest absolute Gasteiger partial charge is 0.455 e. The average molecular weight is 327 g/mol. The molecule has 24 heavy (non-hydrogen) atoms. The highest BCUT2D eigenvalue weighted by molar-refractivity contribution is 5.59. The van der Waals surface area contributed by atoms with Gasteiger partial charge in [-0.15, -0.1) is 0 Å². The molecular weight excluding hydrogens is 302 g/mol. The topological polar surface area (TPSA) is 62.0 Å². The maximum absolute atomic E-state index is 9.70. The van der Waals surface area contributed by atoms with E-state index in [9.17, 15) is 5.11 Å². The molecule has 0 saturated carbocycles. The predicted molar refractivity (Wildman–Crippen MR) is 96.7 cm³/mol. The van der Waals surface area contributed by atoms with E-state index in [-0.39, 0.29) is 0 Å². The lowest BCUT2D eigenvalue weighted by Crippen LogP contribution is -2.49. The van der Waals surface area contributed by atoms with Gasteiger partial charge in [0, 0.05) is 39.3 Å². The molecule has 0 spiro atoms. The van der Waals surface area contributed by atoms with E-state index in [2.05, 4.69) is 15.9 Å². The van der Waals surface area contributed by atoms with Crippen LogP contribution in [0.15, 0.2) is 54.6 Å². The second-order valence-corrected chi connectivity index (χ2v) is 6.06. The maximum atomic E-state index is 9.70. The molecule has 3 N–H and O–H groups in total. The molecule has 1 heterocycles. The Morgan fingerprint density at radius 1 is 0.958 bits per heavy atom. The van der Waals surface area contributed by atoms with Crippen LogP contribution in [0.4, 0.5) is 5.69 Å². The molecular formula is C19H25N3O2. The summed E-state index contributed by atoms with van der Waals surface area (Å²) in [6, 6.07) is 18.0. The fourth-order valence-electron chi connectivity index (χ4n) is 2.96. The molecule has 3 rings (SSSR count). The van der Waals surface area contributed by atoms with Crippen molar-refractivity contribution in [1.82, 2.24) is 4.90 Å². The maximum Gasteiger partial charge on any atom is 0.150 e. The molecule has 0 bridgehead atoms. The van der Waals surface area contributed by atoms with Crippen LogP contribution < -0.4 is 15.4 Å². The summed E-state index contributed by atoms with van der Waals surface area (Å²) < 4.78 is 6.06. The highest BCUT2D eigenvalue weighted by Gasteiger charge is 2.21. The van der Waals surface area contributed by atoms with Crippen molar-refractivity contribution >= 4 is 5.69 Å². The Morgan fingerprint density at radius 2 is 1.62 bits per heavy atom. The Balaban J connectivity index is 1.66. The first-order valence-corrected chi connectivity index (χ1v) is 8.43. The predicted octanol–water partition coefficient (Wildman–Crippen LogP) is 1.92. The van der Waals surface area contributed by atoms with Crippen molar-refractivity contribution < 1.29 is 9.84 Å². The van der Waals surface area contributed by atoms with Crippen LogP contribution in [-0.4, -0.2) is 55.4 Å². The van der Waals surface area contributed by atoms with Gasteiger partial charge in [-0.3, -0.25) is 4.90 Å². The first-order chi connectivity index (χ1) is 11.8. The number of benzene rings is 2. The summed E-state index contributed by atoms with van der Waals surface area (Å²) in [7, 11) is 0. The normalized spacial score (nSPS) is 16.8. The molecule has 1 unspecified atom stereocenters. The molecule has 5 heteroatoms. The minimum atomic E-state index is -0.440. The third kappa shape index (κ3) is 4.26.